The van der Waals surface area contributed by atoms with Crippen molar-refractivity contribution in [1.29, 1.82) is 0 Å². The third-order valence-electron chi connectivity index (χ3n) is 5.45. The number of likely N-dealkylation sites (N-methyl/N-ethyl adjacent to an activating group) is 1. The molecule has 0 saturated heterocycles. The monoisotopic (exact) mass is 502 g/mol. The number of rotatable bonds is 8. The third-order valence-corrected chi connectivity index (χ3v) is 6.39. The quantitative estimate of drug-likeness (QED) is 0.249. The highest BCUT2D eigenvalue weighted by atomic mass is 32.2. The van der Waals surface area contributed by atoms with Crippen molar-refractivity contribution >= 4 is 40.9 Å². The lowest BCUT2D eigenvalue weighted by atomic mass is 10.1. The van der Waals surface area contributed by atoms with E-state index in [2.05, 4.69) is 9.97 Å². The lowest BCUT2D eigenvalue weighted by Crippen LogP contribution is -2.35. The Balaban J connectivity index is 1.81. The van der Waals surface area contributed by atoms with Gasteiger partial charge in [-0.25, -0.2) is 19.7 Å². The van der Waals surface area contributed by atoms with E-state index in [1.807, 2.05) is 57.2 Å². The topological polar surface area (TPSA) is 92.7 Å². The summed E-state index contributed by atoms with van der Waals surface area (Å²) in [7, 11) is 1.73. The summed E-state index contributed by atoms with van der Waals surface area (Å²) < 4.78 is 5.30. The molecule has 9 heteroatoms. The fourth-order valence-corrected chi connectivity index (χ4v) is 4.89. The number of ether oxygens (including phenoxy) is 1. The Kier molecular flexibility index (Phi) is 7.49. The molecule has 1 aromatic heterocycles. The van der Waals surface area contributed by atoms with Crippen LogP contribution in [0, 0.1) is 13.8 Å². The molecule has 2 aromatic carbocycles. The molecular formula is C27H26N4O4S. The van der Waals surface area contributed by atoms with Crippen molar-refractivity contribution in [1.82, 2.24) is 9.97 Å². The van der Waals surface area contributed by atoms with Crippen LogP contribution in [0.25, 0.3) is 0 Å². The second kappa shape index (κ2) is 10.7. The van der Waals surface area contributed by atoms with E-state index in [4.69, 9.17) is 4.74 Å². The Bertz CT molecular complexity index is 1340. The summed E-state index contributed by atoms with van der Waals surface area (Å²) in [6.45, 7) is 5.81. The smallest absolute Gasteiger partial charge is 0.340 e. The van der Waals surface area contributed by atoms with Gasteiger partial charge >= 0.3 is 5.97 Å². The van der Waals surface area contributed by atoms with E-state index >= 15 is 0 Å². The number of carbonyl (C=O) groups excluding carboxylic acids is 3. The number of aryl methyl sites for hydroxylation is 2. The van der Waals surface area contributed by atoms with Gasteiger partial charge in [-0.15, -0.1) is 0 Å². The van der Waals surface area contributed by atoms with Gasteiger partial charge in [0, 0.05) is 24.1 Å². The lowest BCUT2D eigenvalue weighted by molar-refractivity contribution is -0.120. The third kappa shape index (κ3) is 5.01. The molecule has 2 amide bonds. The Morgan fingerprint density at radius 1 is 0.972 bits per heavy atom. The van der Waals surface area contributed by atoms with Gasteiger partial charge in [-0.2, -0.15) is 0 Å². The molecule has 0 N–H and O–H groups in total. The maximum absolute atomic E-state index is 13.9. The van der Waals surface area contributed by atoms with Crippen LogP contribution in [-0.4, -0.2) is 41.4 Å². The standard InChI is InChI=1S/C27H26N4O4S/c1-5-15-35-26(34)20-13-9-10-14-21(20)31-24(32)22(30(4)19-11-7-6-8-12-19)23(25(31)33)36-27-28-17(2)16-18(3)29-27/h6-14,16H,5,15H2,1-4H3. The van der Waals surface area contributed by atoms with Gasteiger partial charge in [-0.1, -0.05) is 37.3 Å². The van der Waals surface area contributed by atoms with Gasteiger partial charge in [0.15, 0.2) is 5.16 Å². The maximum Gasteiger partial charge on any atom is 0.340 e. The number of hydrogen-bond acceptors (Lipinski definition) is 8. The number of imide groups is 1. The number of carbonyl (C=O) groups is 3. The van der Waals surface area contributed by atoms with Gasteiger partial charge in [0.05, 0.1) is 17.9 Å². The van der Waals surface area contributed by atoms with Crippen molar-refractivity contribution in [3.05, 3.63) is 88.2 Å². The van der Waals surface area contributed by atoms with Crippen LogP contribution in [0.2, 0.25) is 0 Å². The number of benzene rings is 2. The first-order valence-corrected chi connectivity index (χ1v) is 12.3. The molecule has 36 heavy (non-hydrogen) atoms. The molecule has 4 rings (SSSR count). The Morgan fingerprint density at radius 3 is 2.28 bits per heavy atom. The zero-order valence-corrected chi connectivity index (χ0v) is 21.3. The summed E-state index contributed by atoms with van der Waals surface area (Å²) in [5.41, 5.74) is 2.72. The number of aromatic nitrogens is 2. The number of para-hydroxylation sites is 2. The maximum atomic E-state index is 13.9. The normalized spacial score (nSPS) is 13.4. The average molecular weight is 503 g/mol. The molecule has 0 unspecified atom stereocenters. The predicted molar refractivity (Wildman–Crippen MR) is 139 cm³/mol. The highest BCUT2D eigenvalue weighted by molar-refractivity contribution is 8.04. The molecule has 0 bridgehead atoms. The van der Waals surface area contributed by atoms with Crippen molar-refractivity contribution in [2.24, 2.45) is 0 Å². The first-order chi connectivity index (χ1) is 17.3. The largest absolute Gasteiger partial charge is 0.462 e. The Hall–Kier alpha value is -3.98. The summed E-state index contributed by atoms with van der Waals surface area (Å²) in [5, 5.41) is 0.361. The first kappa shape index (κ1) is 25.1. The van der Waals surface area contributed by atoms with E-state index in [9.17, 15) is 14.4 Å². The number of thioether (sulfide) groups is 1. The molecule has 0 radical (unpaired) electrons. The van der Waals surface area contributed by atoms with Crippen molar-refractivity contribution in [2.75, 3.05) is 23.5 Å². The highest BCUT2D eigenvalue weighted by Gasteiger charge is 2.43. The Morgan fingerprint density at radius 2 is 1.61 bits per heavy atom. The average Bonchev–Trinajstić information content (AvgIpc) is 3.10. The van der Waals surface area contributed by atoms with Crippen LogP contribution in [0.3, 0.4) is 0 Å². The van der Waals surface area contributed by atoms with E-state index in [0.717, 1.165) is 33.7 Å². The summed E-state index contributed by atoms with van der Waals surface area (Å²) in [4.78, 5) is 52.2. The van der Waals surface area contributed by atoms with E-state index in [0.29, 0.717) is 11.6 Å². The fourth-order valence-electron chi connectivity index (χ4n) is 3.83. The van der Waals surface area contributed by atoms with Crippen LogP contribution < -0.4 is 9.80 Å². The van der Waals surface area contributed by atoms with E-state index in [1.165, 1.54) is 0 Å². The van der Waals surface area contributed by atoms with Crippen LogP contribution >= 0.6 is 11.8 Å². The molecule has 0 atom stereocenters. The van der Waals surface area contributed by atoms with Crippen LogP contribution in [-0.2, 0) is 14.3 Å². The van der Waals surface area contributed by atoms with E-state index in [1.54, 1.807) is 36.2 Å². The molecule has 0 saturated carbocycles. The number of hydrogen-bond donors (Lipinski definition) is 0. The van der Waals surface area contributed by atoms with Crippen molar-refractivity contribution in [3.63, 3.8) is 0 Å². The minimum absolute atomic E-state index is 0.142. The first-order valence-electron chi connectivity index (χ1n) is 11.5. The molecular weight excluding hydrogens is 476 g/mol. The van der Waals surface area contributed by atoms with E-state index < -0.39 is 17.8 Å². The minimum atomic E-state index is -0.593. The SMILES string of the molecule is CCCOC(=O)c1ccccc1N1C(=O)C(Sc2nc(C)cc(C)n2)=C(N(C)c2ccccc2)C1=O. The molecule has 1 aliphatic rings. The number of amides is 2. The van der Waals surface area contributed by atoms with Gasteiger partial charge in [-0.05, 0) is 62.4 Å². The second-order valence-corrected chi connectivity index (χ2v) is 9.18. The number of nitrogens with zero attached hydrogens (tertiary/aromatic N) is 4. The molecule has 0 spiro atoms. The van der Waals surface area contributed by atoms with Crippen LogP contribution in [0.15, 0.2) is 76.4 Å². The van der Waals surface area contributed by atoms with Crippen molar-refractivity contribution in [2.45, 2.75) is 32.3 Å². The zero-order chi connectivity index (χ0) is 25.8. The van der Waals surface area contributed by atoms with Gasteiger partial charge in [0.1, 0.15) is 10.6 Å². The minimum Gasteiger partial charge on any atom is -0.462 e. The zero-order valence-electron chi connectivity index (χ0n) is 20.5. The van der Waals surface area contributed by atoms with Gasteiger partial charge in [0.25, 0.3) is 11.8 Å². The molecule has 8 nitrogen and oxygen atoms in total. The van der Waals surface area contributed by atoms with Gasteiger partial charge < -0.3 is 9.64 Å². The number of esters is 1. The van der Waals surface area contributed by atoms with Gasteiger partial charge in [0.2, 0.25) is 0 Å². The Labute approximate surface area is 214 Å². The molecule has 2 heterocycles. The molecule has 1 aliphatic heterocycles. The van der Waals surface area contributed by atoms with Crippen LogP contribution in [0.4, 0.5) is 11.4 Å². The predicted octanol–water partition coefficient (Wildman–Crippen LogP) is 4.67. The number of anilines is 2. The summed E-state index contributed by atoms with van der Waals surface area (Å²) in [6.07, 6.45) is 0.653. The molecule has 0 fully saturated rings. The van der Waals surface area contributed by atoms with Crippen LogP contribution in [0.5, 0.6) is 0 Å². The van der Waals surface area contributed by atoms with Crippen LogP contribution in [0.1, 0.15) is 35.1 Å². The fraction of sp³-hybridized carbons (Fsp3) is 0.222. The second-order valence-electron chi connectivity index (χ2n) is 8.21. The highest BCUT2D eigenvalue weighted by Crippen LogP contribution is 2.39. The van der Waals surface area contributed by atoms with Crippen molar-refractivity contribution < 1.29 is 19.1 Å². The summed E-state index contributed by atoms with van der Waals surface area (Å²) in [5.74, 6) is -1.69. The van der Waals surface area contributed by atoms with Crippen molar-refractivity contribution in [3.8, 4) is 0 Å². The summed E-state index contributed by atoms with van der Waals surface area (Å²) in [6, 6.07) is 17.6. The lowest BCUT2D eigenvalue weighted by Gasteiger charge is -2.22. The van der Waals surface area contributed by atoms with Gasteiger partial charge in [-0.3, -0.25) is 9.59 Å². The summed E-state index contributed by atoms with van der Waals surface area (Å²) >= 11 is 1.04. The molecule has 3 aromatic rings. The molecule has 184 valence electrons. The van der Waals surface area contributed by atoms with E-state index in [-0.39, 0.29) is 28.5 Å². The molecule has 0 aliphatic carbocycles.